The third kappa shape index (κ3) is 2.97. The molecule has 6 heteroatoms. The summed E-state index contributed by atoms with van der Waals surface area (Å²) in [6.07, 6.45) is -0.269. The Kier molecular flexibility index (Phi) is 4.20. The second-order valence-corrected chi connectivity index (χ2v) is 7.54. The summed E-state index contributed by atoms with van der Waals surface area (Å²) in [5.41, 5.74) is 1.81. The Labute approximate surface area is 154 Å². The van der Waals surface area contributed by atoms with Gasteiger partial charge in [0.2, 0.25) is 4.96 Å². The lowest BCUT2D eigenvalue weighted by atomic mass is 10.0. The molecule has 0 N–H and O–H groups in total. The van der Waals surface area contributed by atoms with Crippen LogP contribution in [0.25, 0.3) is 15.9 Å². The van der Waals surface area contributed by atoms with Gasteiger partial charge in [0.05, 0.1) is 10.9 Å². The van der Waals surface area contributed by atoms with E-state index in [2.05, 4.69) is 36.1 Å². The van der Waals surface area contributed by atoms with Gasteiger partial charge in [-0.15, -0.1) is 0 Å². The molecule has 4 aromatic rings. The van der Waals surface area contributed by atoms with Gasteiger partial charge in [0.25, 0.3) is 5.56 Å². The van der Waals surface area contributed by atoms with Gasteiger partial charge in [-0.1, -0.05) is 49.4 Å². The Morgan fingerprint density at radius 2 is 1.77 bits per heavy atom. The monoisotopic (exact) mass is 365 g/mol. The molecular formula is C20H19N3O2S. The van der Waals surface area contributed by atoms with Gasteiger partial charge in [-0.25, -0.2) is 4.98 Å². The Balaban J connectivity index is 1.66. The molecule has 0 radical (unpaired) electrons. The molecule has 0 aliphatic rings. The van der Waals surface area contributed by atoms with Gasteiger partial charge in [-0.05, 0) is 42.7 Å². The zero-order valence-corrected chi connectivity index (χ0v) is 15.7. The van der Waals surface area contributed by atoms with Gasteiger partial charge in [0.1, 0.15) is 11.9 Å². The van der Waals surface area contributed by atoms with E-state index in [-0.39, 0.29) is 11.7 Å². The molecule has 0 amide bonds. The first-order chi connectivity index (χ1) is 12.5. The number of ether oxygens (including phenoxy) is 1. The fourth-order valence-electron chi connectivity index (χ4n) is 2.82. The number of fused-ring (bicyclic) bond motifs is 2. The molecule has 0 saturated carbocycles. The highest BCUT2D eigenvalue weighted by molar-refractivity contribution is 7.16. The third-order valence-corrected chi connectivity index (χ3v) is 5.40. The Morgan fingerprint density at radius 3 is 2.50 bits per heavy atom. The quantitative estimate of drug-likeness (QED) is 0.532. The van der Waals surface area contributed by atoms with Crippen LogP contribution in [-0.4, -0.2) is 14.6 Å². The highest BCUT2D eigenvalue weighted by Gasteiger charge is 2.16. The highest BCUT2D eigenvalue weighted by atomic mass is 32.1. The lowest BCUT2D eigenvalue weighted by Gasteiger charge is -2.13. The van der Waals surface area contributed by atoms with Crippen LogP contribution in [0.15, 0.2) is 53.3 Å². The molecule has 0 unspecified atom stereocenters. The summed E-state index contributed by atoms with van der Waals surface area (Å²) in [6, 6.07) is 15.4. The minimum atomic E-state index is -0.269. The molecule has 0 aliphatic heterocycles. The standard InChI is InChI=1S/C20H19N3O2S/c1-12(2)14-8-10-15(11-9-14)25-13(3)18-22-23-19(24)16-6-4-5-7-17(16)21-20(23)26-18/h4-13H,1-3H3/t13-/m1/s1. The lowest BCUT2D eigenvalue weighted by Crippen LogP contribution is -2.15. The number of para-hydroxylation sites is 1. The first-order valence-electron chi connectivity index (χ1n) is 8.58. The zero-order valence-electron chi connectivity index (χ0n) is 14.8. The van der Waals surface area contributed by atoms with Gasteiger partial charge in [-0.3, -0.25) is 4.79 Å². The van der Waals surface area contributed by atoms with E-state index in [1.165, 1.54) is 21.4 Å². The molecule has 0 spiro atoms. The summed E-state index contributed by atoms with van der Waals surface area (Å²) >= 11 is 1.38. The van der Waals surface area contributed by atoms with Crippen molar-refractivity contribution in [1.82, 2.24) is 14.6 Å². The maximum absolute atomic E-state index is 12.6. The topological polar surface area (TPSA) is 56.5 Å². The molecule has 0 fully saturated rings. The normalized spacial score (nSPS) is 12.8. The van der Waals surface area contributed by atoms with Crippen molar-refractivity contribution in [1.29, 1.82) is 0 Å². The number of aromatic nitrogens is 3. The van der Waals surface area contributed by atoms with E-state index in [0.717, 1.165) is 10.8 Å². The van der Waals surface area contributed by atoms with Gasteiger partial charge in [0, 0.05) is 0 Å². The number of hydrogen-bond donors (Lipinski definition) is 0. The molecule has 0 saturated heterocycles. The summed E-state index contributed by atoms with van der Waals surface area (Å²) < 4.78 is 7.37. The lowest BCUT2D eigenvalue weighted by molar-refractivity contribution is 0.225. The molecular weight excluding hydrogens is 346 g/mol. The highest BCUT2D eigenvalue weighted by Crippen LogP contribution is 2.26. The van der Waals surface area contributed by atoms with E-state index in [1.807, 2.05) is 37.3 Å². The first-order valence-corrected chi connectivity index (χ1v) is 9.39. The van der Waals surface area contributed by atoms with Crippen LogP contribution in [0.3, 0.4) is 0 Å². The average molecular weight is 365 g/mol. The maximum atomic E-state index is 12.6. The predicted octanol–water partition coefficient (Wildman–Crippen LogP) is 4.57. The van der Waals surface area contributed by atoms with Crippen LogP contribution in [0.5, 0.6) is 5.75 Å². The fourth-order valence-corrected chi connectivity index (χ4v) is 3.70. The van der Waals surface area contributed by atoms with E-state index in [9.17, 15) is 4.79 Å². The molecule has 132 valence electrons. The summed E-state index contributed by atoms with van der Waals surface area (Å²) in [7, 11) is 0. The smallest absolute Gasteiger partial charge is 0.283 e. The van der Waals surface area contributed by atoms with Crippen molar-refractivity contribution in [2.24, 2.45) is 0 Å². The predicted molar refractivity (Wildman–Crippen MR) is 104 cm³/mol. The third-order valence-electron chi connectivity index (χ3n) is 4.33. The molecule has 1 atom stereocenters. The zero-order chi connectivity index (χ0) is 18.3. The second kappa shape index (κ2) is 6.53. The molecule has 0 bridgehead atoms. The minimum Gasteiger partial charge on any atom is -0.483 e. The van der Waals surface area contributed by atoms with Crippen LogP contribution in [0.4, 0.5) is 0 Å². The fraction of sp³-hybridized carbons (Fsp3) is 0.250. The van der Waals surface area contributed by atoms with E-state index in [4.69, 9.17) is 4.74 Å². The number of benzene rings is 2. The summed E-state index contributed by atoms with van der Waals surface area (Å²) in [5, 5.41) is 5.73. The van der Waals surface area contributed by atoms with E-state index in [0.29, 0.717) is 21.8 Å². The summed E-state index contributed by atoms with van der Waals surface area (Å²) in [4.78, 5) is 17.7. The van der Waals surface area contributed by atoms with Crippen LogP contribution >= 0.6 is 11.3 Å². The summed E-state index contributed by atoms with van der Waals surface area (Å²) in [5.74, 6) is 1.27. The molecule has 26 heavy (non-hydrogen) atoms. The van der Waals surface area contributed by atoms with Crippen molar-refractivity contribution in [3.8, 4) is 5.75 Å². The van der Waals surface area contributed by atoms with Gasteiger partial charge >= 0.3 is 0 Å². The van der Waals surface area contributed by atoms with Crippen molar-refractivity contribution in [3.05, 3.63) is 69.5 Å². The van der Waals surface area contributed by atoms with E-state index >= 15 is 0 Å². The van der Waals surface area contributed by atoms with Gasteiger partial charge in [0.15, 0.2) is 5.01 Å². The van der Waals surface area contributed by atoms with E-state index in [1.54, 1.807) is 6.07 Å². The summed E-state index contributed by atoms with van der Waals surface area (Å²) in [6.45, 7) is 6.25. The molecule has 2 aromatic carbocycles. The van der Waals surface area contributed by atoms with Crippen molar-refractivity contribution in [2.45, 2.75) is 32.8 Å². The number of nitrogens with zero attached hydrogens (tertiary/aromatic N) is 3. The molecule has 2 heterocycles. The van der Waals surface area contributed by atoms with Crippen molar-refractivity contribution < 1.29 is 4.74 Å². The molecule has 2 aromatic heterocycles. The first kappa shape index (κ1) is 16.7. The van der Waals surface area contributed by atoms with Crippen LogP contribution in [0.2, 0.25) is 0 Å². The number of rotatable bonds is 4. The Bertz CT molecular complexity index is 1130. The average Bonchev–Trinajstić information content (AvgIpc) is 3.07. The van der Waals surface area contributed by atoms with Crippen LogP contribution < -0.4 is 10.3 Å². The largest absolute Gasteiger partial charge is 0.483 e. The van der Waals surface area contributed by atoms with Crippen molar-refractivity contribution in [2.75, 3.05) is 0 Å². The minimum absolute atomic E-state index is 0.151. The number of hydrogen-bond acceptors (Lipinski definition) is 5. The van der Waals surface area contributed by atoms with Crippen LogP contribution in [0, 0.1) is 0 Å². The van der Waals surface area contributed by atoms with Gasteiger partial charge in [-0.2, -0.15) is 9.61 Å². The van der Waals surface area contributed by atoms with Crippen LogP contribution in [-0.2, 0) is 0 Å². The van der Waals surface area contributed by atoms with Gasteiger partial charge < -0.3 is 4.74 Å². The molecule has 0 aliphatic carbocycles. The maximum Gasteiger partial charge on any atom is 0.283 e. The van der Waals surface area contributed by atoms with E-state index < -0.39 is 0 Å². The van der Waals surface area contributed by atoms with Crippen LogP contribution in [0.1, 0.15) is 43.4 Å². The Morgan fingerprint density at radius 1 is 1.04 bits per heavy atom. The Hall–Kier alpha value is -2.73. The second-order valence-electron chi connectivity index (χ2n) is 6.55. The molecule has 5 nitrogen and oxygen atoms in total. The van der Waals surface area contributed by atoms with Crippen molar-refractivity contribution in [3.63, 3.8) is 0 Å². The van der Waals surface area contributed by atoms with Crippen molar-refractivity contribution >= 4 is 27.2 Å². The SMILES string of the molecule is CC(C)c1ccc(O[C@H](C)c2nn3c(=O)c4ccccc4nc3s2)cc1. The molecule has 4 rings (SSSR count).